The number of nitrogens with zero attached hydrogens (tertiary/aromatic N) is 1. The first-order chi connectivity index (χ1) is 9.09. The molecule has 2 rings (SSSR count). The molecule has 0 radical (unpaired) electrons. The first-order valence-corrected chi connectivity index (χ1v) is 7.27. The predicted molar refractivity (Wildman–Crippen MR) is 79.6 cm³/mol. The van der Waals surface area contributed by atoms with E-state index in [-0.39, 0.29) is 6.61 Å². The fraction of sp³-hybridized carbons (Fsp3) is 0.400. The highest BCUT2D eigenvalue weighted by Gasteiger charge is 2.31. The van der Waals surface area contributed by atoms with Crippen molar-refractivity contribution >= 4 is 11.3 Å². The maximum Gasteiger partial charge on any atom is 0.0938 e. The minimum atomic E-state index is -0.434. The second kappa shape index (κ2) is 5.82. The van der Waals surface area contributed by atoms with E-state index in [1.54, 1.807) is 11.3 Å². The molecule has 0 bridgehead atoms. The van der Waals surface area contributed by atoms with Gasteiger partial charge in [-0.2, -0.15) is 0 Å². The van der Waals surface area contributed by atoms with Crippen LogP contribution in [0, 0.1) is 13.8 Å². The predicted octanol–water partition coefficient (Wildman–Crippen LogP) is 2.19. The van der Waals surface area contributed by atoms with Crippen molar-refractivity contribution in [2.75, 3.05) is 13.2 Å². The first-order valence-electron chi connectivity index (χ1n) is 6.39. The molecule has 1 aromatic carbocycles. The maximum atomic E-state index is 9.89. The summed E-state index contributed by atoms with van der Waals surface area (Å²) in [4.78, 5) is 4.49. The molecular formula is C15H20N2OS. The van der Waals surface area contributed by atoms with Crippen molar-refractivity contribution in [3.63, 3.8) is 0 Å². The van der Waals surface area contributed by atoms with Crippen LogP contribution in [0.25, 0.3) is 0 Å². The van der Waals surface area contributed by atoms with Crippen LogP contribution in [0.15, 0.2) is 29.6 Å². The van der Waals surface area contributed by atoms with E-state index in [0.717, 1.165) is 16.3 Å². The van der Waals surface area contributed by atoms with Crippen LogP contribution in [0.1, 0.15) is 21.8 Å². The lowest BCUT2D eigenvalue weighted by Gasteiger charge is -2.30. The zero-order valence-corrected chi connectivity index (χ0v) is 12.2. The second-order valence-electron chi connectivity index (χ2n) is 5.07. The molecule has 1 heterocycles. The van der Waals surface area contributed by atoms with E-state index in [4.69, 9.17) is 5.73 Å². The number of benzene rings is 1. The van der Waals surface area contributed by atoms with E-state index in [1.165, 1.54) is 5.56 Å². The molecule has 0 aliphatic rings. The van der Waals surface area contributed by atoms with Gasteiger partial charge in [-0.1, -0.05) is 29.8 Å². The van der Waals surface area contributed by atoms with Gasteiger partial charge < -0.3 is 10.8 Å². The summed E-state index contributed by atoms with van der Waals surface area (Å²) in [5.41, 5.74) is 8.83. The van der Waals surface area contributed by atoms with Gasteiger partial charge in [-0.05, 0) is 19.4 Å². The van der Waals surface area contributed by atoms with Gasteiger partial charge in [0.25, 0.3) is 0 Å². The van der Waals surface area contributed by atoms with Crippen molar-refractivity contribution in [1.82, 2.24) is 4.98 Å². The number of nitrogens with two attached hydrogens (primary N) is 1. The molecule has 0 spiro atoms. The van der Waals surface area contributed by atoms with E-state index in [2.05, 4.69) is 24.0 Å². The molecule has 4 heteroatoms. The third-order valence-electron chi connectivity index (χ3n) is 3.48. The Morgan fingerprint density at radius 1 is 1.37 bits per heavy atom. The summed E-state index contributed by atoms with van der Waals surface area (Å²) in [7, 11) is 0. The Morgan fingerprint density at radius 2 is 2.16 bits per heavy atom. The lowest BCUT2D eigenvalue weighted by Crippen LogP contribution is -2.41. The Kier molecular flexibility index (Phi) is 4.34. The van der Waals surface area contributed by atoms with Gasteiger partial charge in [-0.15, -0.1) is 11.3 Å². The van der Waals surface area contributed by atoms with E-state index >= 15 is 0 Å². The SMILES string of the molecule is Cc1cccc(C(CN)(CO)Cc2nc(C)cs2)c1. The molecule has 0 saturated carbocycles. The third-order valence-corrected chi connectivity index (χ3v) is 4.45. The highest BCUT2D eigenvalue weighted by Crippen LogP contribution is 2.29. The number of aliphatic hydroxyl groups excluding tert-OH is 1. The van der Waals surface area contributed by atoms with Gasteiger partial charge in [0.1, 0.15) is 0 Å². The second-order valence-corrected chi connectivity index (χ2v) is 6.01. The van der Waals surface area contributed by atoms with E-state index in [0.29, 0.717) is 13.0 Å². The molecule has 1 aromatic heterocycles. The molecule has 102 valence electrons. The van der Waals surface area contributed by atoms with Gasteiger partial charge in [0, 0.05) is 29.5 Å². The molecule has 1 unspecified atom stereocenters. The summed E-state index contributed by atoms with van der Waals surface area (Å²) >= 11 is 1.63. The van der Waals surface area contributed by atoms with E-state index in [9.17, 15) is 5.11 Å². The summed E-state index contributed by atoms with van der Waals surface area (Å²) in [5, 5.41) is 12.9. The van der Waals surface area contributed by atoms with Crippen molar-refractivity contribution in [2.45, 2.75) is 25.7 Å². The Bertz CT molecular complexity index is 547. The number of hydrogen-bond donors (Lipinski definition) is 2. The average molecular weight is 276 g/mol. The van der Waals surface area contributed by atoms with Crippen molar-refractivity contribution in [3.05, 3.63) is 51.5 Å². The van der Waals surface area contributed by atoms with Crippen molar-refractivity contribution in [1.29, 1.82) is 0 Å². The van der Waals surface area contributed by atoms with Crippen LogP contribution in [0.5, 0.6) is 0 Å². The van der Waals surface area contributed by atoms with Crippen LogP contribution in [0.2, 0.25) is 0 Å². The van der Waals surface area contributed by atoms with Crippen molar-refractivity contribution in [2.24, 2.45) is 5.73 Å². The van der Waals surface area contributed by atoms with Crippen molar-refractivity contribution in [3.8, 4) is 0 Å². The van der Waals surface area contributed by atoms with E-state index < -0.39 is 5.41 Å². The molecule has 0 aliphatic carbocycles. The van der Waals surface area contributed by atoms with Gasteiger partial charge in [-0.25, -0.2) is 4.98 Å². The minimum Gasteiger partial charge on any atom is -0.395 e. The molecule has 1 atom stereocenters. The van der Waals surface area contributed by atoms with Crippen LogP contribution in [0.4, 0.5) is 0 Å². The summed E-state index contributed by atoms with van der Waals surface area (Å²) in [6.45, 7) is 4.47. The standard InChI is InChI=1S/C15H20N2OS/c1-11-4-3-5-13(6-11)15(9-16,10-18)7-14-17-12(2)8-19-14/h3-6,8,18H,7,9-10,16H2,1-2H3. The van der Waals surface area contributed by atoms with Crippen molar-refractivity contribution < 1.29 is 5.11 Å². The van der Waals surface area contributed by atoms with Gasteiger partial charge in [0.05, 0.1) is 11.6 Å². The molecule has 0 saturated heterocycles. The highest BCUT2D eigenvalue weighted by molar-refractivity contribution is 7.09. The molecule has 3 nitrogen and oxygen atoms in total. The van der Waals surface area contributed by atoms with Crippen LogP contribution >= 0.6 is 11.3 Å². The summed E-state index contributed by atoms with van der Waals surface area (Å²) in [6, 6.07) is 8.20. The van der Waals surface area contributed by atoms with Crippen LogP contribution in [-0.4, -0.2) is 23.2 Å². The van der Waals surface area contributed by atoms with E-state index in [1.807, 2.05) is 24.4 Å². The normalized spacial score (nSPS) is 14.3. The number of aryl methyl sites for hydroxylation is 2. The van der Waals surface area contributed by atoms with Gasteiger partial charge in [0.15, 0.2) is 0 Å². The fourth-order valence-corrected chi connectivity index (χ4v) is 3.17. The summed E-state index contributed by atoms with van der Waals surface area (Å²) < 4.78 is 0. The topological polar surface area (TPSA) is 59.1 Å². The number of hydrogen-bond acceptors (Lipinski definition) is 4. The highest BCUT2D eigenvalue weighted by atomic mass is 32.1. The number of aromatic nitrogens is 1. The number of thiazole rings is 1. The molecule has 2 aromatic rings. The van der Waals surface area contributed by atoms with Gasteiger partial charge in [0.2, 0.25) is 0 Å². The van der Waals surface area contributed by atoms with Crippen LogP contribution in [-0.2, 0) is 11.8 Å². The number of aliphatic hydroxyl groups is 1. The molecule has 0 amide bonds. The smallest absolute Gasteiger partial charge is 0.0938 e. The fourth-order valence-electron chi connectivity index (χ4n) is 2.25. The Morgan fingerprint density at radius 3 is 2.68 bits per heavy atom. The zero-order valence-electron chi connectivity index (χ0n) is 11.4. The molecule has 3 N–H and O–H groups in total. The summed E-state index contributed by atoms with van der Waals surface area (Å²) in [5.74, 6) is 0. The first kappa shape index (κ1) is 14.2. The molecule has 0 aliphatic heterocycles. The molecule has 19 heavy (non-hydrogen) atoms. The monoisotopic (exact) mass is 276 g/mol. The number of rotatable bonds is 5. The zero-order chi connectivity index (χ0) is 13.9. The minimum absolute atomic E-state index is 0.0333. The Hall–Kier alpha value is -1.23. The van der Waals surface area contributed by atoms with Crippen LogP contribution < -0.4 is 5.73 Å². The lowest BCUT2D eigenvalue weighted by atomic mass is 9.78. The van der Waals surface area contributed by atoms with Gasteiger partial charge >= 0.3 is 0 Å². The third kappa shape index (κ3) is 3.03. The van der Waals surface area contributed by atoms with Crippen LogP contribution in [0.3, 0.4) is 0 Å². The largest absolute Gasteiger partial charge is 0.395 e. The average Bonchev–Trinajstić information content (AvgIpc) is 2.81. The molecular weight excluding hydrogens is 256 g/mol. The lowest BCUT2D eigenvalue weighted by molar-refractivity contribution is 0.196. The maximum absolute atomic E-state index is 9.89. The Balaban J connectivity index is 2.37. The van der Waals surface area contributed by atoms with Gasteiger partial charge in [-0.3, -0.25) is 0 Å². The summed E-state index contributed by atoms with van der Waals surface area (Å²) in [6.07, 6.45) is 0.683. The quantitative estimate of drug-likeness (QED) is 0.880. The Labute approximate surface area is 118 Å². The molecule has 0 fully saturated rings.